The molecule has 0 aromatic heterocycles. The van der Waals surface area contributed by atoms with Crippen molar-refractivity contribution in [2.45, 2.75) is 77.7 Å². The van der Waals surface area contributed by atoms with Gasteiger partial charge in [-0.2, -0.15) is 0 Å². The number of ether oxygens (including phenoxy) is 2. The summed E-state index contributed by atoms with van der Waals surface area (Å²) in [6.45, 7) is 7.06. The van der Waals surface area contributed by atoms with Crippen molar-refractivity contribution in [3.8, 4) is 11.8 Å². The van der Waals surface area contributed by atoms with Gasteiger partial charge in [-0.1, -0.05) is 42.2 Å². The van der Waals surface area contributed by atoms with E-state index in [-0.39, 0.29) is 43.9 Å². The smallest absolute Gasteiger partial charge is 0.410 e. The Kier molecular flexibility index (Phi) is 9.89. The molecule has 1 saturated heterocycles. The maximum atomic E-state index is 13.1. The average molecular weight is 574 g/mol. The topological polar surface area (TPSA) is 119 Å². The van der Waals surface area contributed by atoms with Crippen molar-refractivity contribution >= 4 is 23.9 Å². The van der Waals surface area contributed by atoms with Crippen molar-refractivity contribution < 1.29 is 28.7 Å². The quantitative estimate of drug-likeness (QED) is 0.369. The third kappa shape index (κ3) is 8.35. The number of rotatable bonds is 8. The molecule has 0 radical (unpaired) electrons. The van der Waals surface area contributed by atoms with E-state index in [4.69, 9.17) is 15.2 Å². The van der Waals surface area contributed by atoms with Gasteiger partial charge in [0.2, 0.25) is 5.91 Å². The van der Waals surface area contributed by atoms with Crippen molar-refractivity contribution in [1.82, 2.24) is 9.80 Å². The first-order valence-corrected chi connectivity index (χ1v) is 14.4. The summed E-state index contributed by atoms with van der Waals surface area (Å²) in [6.07, 6.45) is 2.30. The molecule has 2 atom stereocenters. The minimum absolute atomic E-state index is 0.0227. The Morgan fingerprint density at radius 2 is 1.88 bits per heavy atom. The van der Waals surface area contributed by atoms with Crippen LogP contribution >= 0.6 is 0 Å². The van der Waals surface area contributed by atoms with Crippen LogP contribution in [0.1, 0.15) is 79.9 Å². The van der Waals surface area contributed by atoms with Crippen LogP contribution in [-0.4, -0.2) is 58.4 Å². The summed E-state index contributed by atoms with van der Waals surface area (Å²) >= 11 is 0. The molecular formula is C33H39N3O6. The van der Waals surface area contributed by atoms with Crippen LogP contribution < -0.4 is 5.73 Å². The maximum Gasteiger partial charge on any atom is 0.410 e. The first kappa shape index (κ1) is 30.6. The molecule has 9 heteroatoms. The van der Waals surface area contributed by atoms with Gasteiger partial charge in [0.05, 0.1) is 0 Å². The summed E-state index contributed by atoms with van der Waals surface area (Å²) in [6, 6.07) is 14.1. The molecule has 9 nitrogen and oxygen atoms in total. The number of primary amides is 1. The molecule has 0 saturated carbocycles. The van der Waals surface area contributed by atoms with Crippen molar-refractivity contribution in [2.24, 2.45) is 11.7 Å². The van der Waals surface area contributed by atoms with Crippen molar-refractivity contribution in [3.63, 3.8) is 0 Å². The number of likely N-dealkylation sites (tertiary alicyclic amines) is 1. The van der Waals surface area contributed by atoms with Gasteiger partial charge in [0.1, 0.15) is 18.2 Å². The van der Waals surface area contributed by atoms with E-state index >= 15 is 0 Å². The molecule has 2 N–H and O–H groups in total. The predicted octanol–water partition coefficient (Wildman–Crippen LogP) is 4.41. The molecule has 1 unspecified atom stereocenters. The lowest BCUT2D eigenvalue weighted by Crippen LogP contribution is -2.45. The van der Waals surface area contributed by atoms with Crippen LogP contribution in [0.4, 0.5) is 4.79 Å². The van der Waals surface area contributed by atoms with Crippen LogP contribution in [0.3, 0.4) is 0 Å². The largest absolute Gasteiger partial charge is 0.460 e. The molecule has 2 aromatic carbocycles. The van der Waals surface area contributed by atoms with E-state index in [0.29, 0.717) is 25.1 Å². The summed E-state index contributed by atoms with van der Waals surface area (Å²) in [5.41, 5.74) is 7.97. The van der Waals surface area contributed by atoms with Gasteiger partial charge >= 0.3 is 12.1 Å². The summed E-state index contributed by atoms with van der Waals surface area (Å²) in [5.74, 6) is 5.29. The Balaban J connectivity index is 1.31. The molecule has 0 bridgehead atoms. The van der Waals surface area contributed by atoms with Crippen LogP contribution in [0.5, 0.6) is 0 Å². The van der Waals surface area contributed by atoms with E-state index in [2.05, 4.69) is 11.8 Å². The van der Waals surface area contributed by atoms with Gasteiger partial charge in [-0.15, -0.1) is 0 Å². The highest BCUT2D eigenvalue weighted by molar-refractivity contribution is 6.01. The van der Waals surface area contributed by atoms with E-state index < -0.39 is 23.5 Å². The van der Waals surface area contributed by atoms with Crippen LogP contribution in [0.2, 0.25) is 0 Å². The zero-order chi connectivity index (χ0) is 30.3. The second-order valence-electron chi connectivity index (χ2n) is 11.8. The lowest BCUT2D eigenvalue weighted by molar-refractivity contribution is -0.155. The van der Waals surface area contributed by atoms with E-state index in [1.165, 1.54) is 4.90 Å². The molecule has 4 rings (SSSR count). The second kappa shape index (κ2) is 13.6. The van der Waals surface area contributed by atoms with E-state index in [0.717, 1.165) is 29.5 Å². The maximum absolute atomic E-state index is 13.1. The number of esters is 1. The van der Waals surface area contributed by atoms with Crippen molar-refractivity contribution in [3.05, 3.63) is 70.8 Å². The standard InChI is InChI=1S/C33H39N3O6/c1-33(2,3)42-29(37)17-16-28(30(34)38)36-21-26-19-23(14-15-27(26)31(36)39)11-7-12-24-13-8-18-35(20-24)32(40)41-22-25-9-5-4-6-10-25/h4-6,9-10,14-15,19,24,28H,8,12-13,16-18,20-22H2,1-3H3,(H2,34,38)/t24?,28-/m0/s1. The van der Waals surface area contributed by atoms with Gasteiger partial charge < -0.3 is 25.0 Å². The number of fused-ring (bicyclic) bond motifs is 1. The molecule has 1 fully saturated rings. The number of carbonyl (C=O) groups is 4. The number of hydrogen-bond acceptors (Lipinski definition) is 6. The summed E-state index contributed by atoms with van der Waals surface area (Å²) in [4.78, 5) is 53.2. The number of piperidine rings is 1. The van der Waals surface area contributed by atoms with Gasteiger partial charge in [-0.25, -0.2) is 4.79 Å². The fourth-order valence-electron chi connectivity index (χ4n) is 5.28. The fourth-order valence-corrected chi connectivity index (χ4v) is 5.28. The predicted molar refractivity (Wildman–Crippen MR) is 157 cm³/mol. The highest BCUT2D eigenvalue weighted by Crippen LogP contribution is 2.27. The van der Waals surface area contributed by atoms with Crippen molar-refractivity contribution in [1.29, 1.82) is 0 Å². The Hall–Kier alpha value is -4.32. The van der Waals surface area contributed by atoms with Crippen LogP contribution in [0.15, 0.2) is 48.5 Å². The third-order valence-electron chi connectivity index (χ3n) is 7.29. The lowest BCUT2D eigenvalue weighted by Gasteiger charge is -2.31. The minimum atomic E-state index is -0.916. The third-order valence-corrected chi connectivity index (χ3v) is 7.29. The zero-order valence-corrected chi connectivity index (χ0v) is 24.6. The molecule has 2 heterocycles. The number of amides is 3. The number of benzene rings is 2. The van der Waals surface area contributed by atoms with Gasteiger partial charge in [0.15, 0.2) is 0 Å². The Morgan fingerprint density at radius 3 is 2.60 bits per heavy atom. The average Bonchev–Trinajstić information content (AvgIpc) is 3.26. The Bertz CT molecular complexity index is 1370. The first-order valence-electron chi connectivity index (χ1n) is 14.4. The highest BCUT2D eigenvalue weighted by atomic mass is 16.6. The monoisotopic (exact) mass is 573 g/mol. The van der Waals surface area contributed by atoms with Gasteiger partial charge in [-0.3, -0.25) is 14.4 Å². The normalized spacial score (nSPS) is 17.1. The van der Waals surface area contributed by atoms with Gasteiger partial charge in [0.25, 0.3) is 5.91 Å². The second-order valence-corrected chi connectivity index (χ2v) is 11.8. The lowest BCUT2D eigenvalue weighted by atomic mass is 9.95. The summed E-state index contributed by atoms with van der Waals surface area (Å²) in [5, 5.41) is 0. The molecular weight excluding hydrogens is 534 g/mol. The fraction of sp³-hybridized carbons (Fsp3) is 0.455. The molecule has 2 aromatic rings. The van der Waals surface area contributed by atoms with Gasteiger partial charge in [0, 0.05) is 43.6 Å². The molecule has 2 aliphatic rings. The molecule has 0 aliphatic carbocycles. The van der Waals surface area contributed by atoms with Crippen molar-refractivity contribution in [2.75, 3.05) is 13.1 Å². The number of nitrogens with zero attached hydrogens (tertiary/aromatic N) is 2. The van der Waals surface area contributed by atoms with Crippen LogP contribution in [0, 0.1) is 17.8 Å². The summed E-state index contributed by atoms with van der Waals surface area (Å²) < 4.78 is 10.8. The molecule has 3 amide bonds. The number of hydrogen-bond donors (Lipinski definition) is 1. The SMILES string of the molecule is CC(C)(C)OC(=O)CC[C@@H](C(N)=O)N1Cc2cc(C#CCC3CCCN(C(=O)OCc4ccccc4)C3)ccc2C1=O. The van der Waals surface area contributed by atoms with E-state index in [9.17, 15) is 19.2 Å². The zero-order valence-electron chi connectivity index (χ0n) is 24.6. The first-order chi connectivity index (χ1) is 20.0. The van der Waals surface area contributed by atoms with Crippen LogP contribution in [0.25, 0.3) is 0 Å². The van der Waals surface area contributed by atoms with Gasteiger partial charge in [-0.05, 0) is 75.3 Å². The molecule has 222 valence electrons. The highest BCUT2D eigenvalue weighted by Gasteiger charge is 2.36. The van der Waals surface area contributed by atoms with Crippen LogP contribution in [-0.2, 0) is 32.2 Å². The number of nitrogens with two attached hydrogens (primary N) is 1. The number of carbonyl (C=O) groups excluding carboxylic acids is 4. The Morgan fingerprint density at radius 1 is 1.12 bits per heavy atom. The minimum Gasteiger partial charge on any atom is -0.460 e. The van der Waals surface area contributed by atoms with E-state index in [1.54, 1.807) is 37.8 Å². The van der Waals surface area contributed by atoms with E-state index in [1.807, 2.05) is 36.4 Å². The molecule has 0 spiro atoms. The molecule has 42 heavy (non-hydrogen) atoms. The molecule has 2 aliphatic heterocycles. The summed E-state index contributed by atoms with van der Waals surface area (Å²) in [7, 11) is 0. The Labute approximate surface area is 247 Å².